The van der Waals surface area contributed by atoms with Crippen molar-refractivity contribution in [2.75, 3.05) is 7.11 Å². The Kier molecular flexibility index (Phi) is 4.79. The van der Waals surface area contributed by atoms with Gasteiger partial charge in [-0.15, -0.1) is 0 Å². The van der Waals surface area contributed by atoms with Crippen molar-refractivity contribution in [1.29, 1.82) is 5.26 Å². The molecule has 0 amide bonds. The Morgan fingerprint density at radius 2 is 1.96 bits per heavy atom. The minimum absolute atomic E-state index is 0.0354. The zero-order valence-electron chi connectivity index (χ0n) is 13.2. The predicted octanol–water partition coefficient (Wildman–Crippen LogP) is 4.44. The van der Waals surface area contributed by atoms with Gasteiger partial charge in [0.25, 0.3) is 9.05 Å². The highest BCUT2D eigenvalue weighted by molar-refractivity contribution is 8.13. The number of benzene rings is 2. The number of ether oxygens (including phenoxy) is 1. The van der Waals surface area contributed by atoms with Gasteiger partial charge in [0, 0.05) is 27.2 Å². The minimum Gasteiger partial charge on any atom is -0.496 e. The highest BCUT2D eigenvalue weighted by Crippen LogP contribution is 2.45. The summed E-state index contributed by atoms with van der Waals surface area (Å²) in [6.07, 6.45) is 0.530. The van der Waals surface area contributed by atoms with Gasteiger partial charge < -0.3 is 4.74 Å². The number of fused-ring (bicyclic) bond motifs is 1. The molecule has 4 nitrogen and oxygen atoms in total. The Hall–Kier alpha value is -2.00. The number of allylic oxidation sites excluding steroid dienone is 2. The Balaban J connectivity index is 2.22. The van der Waals surface area contributed by atoms with Crippen molar-refractivity contribution in [3.8, 4) is 11.8 Å². The van der Waals surface area contributed by atoms with E-state index in [2.05, 4.69) is 6.07 Å². The van der Waals surface area contributed by atoms with Crippen molar-refractivity contribution in [2.45, 2.75) is 17.2 Å². The Labute approximate surface area is 155 Å². The molecular formula is C18H13Cl2NO3S. The van der Waals surface area contributed by atoms with Gasteiger partial charge in [0.1, 0.15) is 11.8 Å². The second-order valence-corrected chi connectivity index (χ2v) is 8.56. The molecule has 2 aromatic carbocycles. The Morgan fingerprint density at radius 3 is 2.60 bits per heavy atom. The summed E-state index contributed by atoms with van der Waals surface area (Å²) >= 11 is 6.53. The van der Waals surface area contributed by atoms with Crippen molar-refractivity contribution in [1.82, 2.24) is 0 Å². The molecule has 128 valence electrons. The fraction of sp³-hybridized carbons (Fsp3) is 0.167. The molecule has 7 heteroatoms. The Bertz CT molecular complexity index is 1020. The number of hydrogen-bond acceptors (Lipinski definition) is 4. The van der Waals surface area contributed by atoms with Crippen LogP contribution in [-0.4, -0.2) is 15.5 Å². The molecule has 0 fully saturated rings. The molecule has 0 saturated heterocycles. The average Bonchev–Trinajstić information content (AvgIpc) is 2.60. The van der Waals surface area contributed by atoms with Crippen molar-refractivity contribution < 1.29 is 13.2 Å². The SMILES string of the molecule is COc1ccc(S(=O)(=O)Cl)cc1C1Cc2ccccc2C(C#N)=C1Cl. The largest absolute Gasteiger partial charge is 0.496 e. The molecule has 1 atom stereocenters. The van der Waals surface area contributed by atoms with Gasteiger partial charge in [-0.3, -0.25) is 0 Å². The number of rotatable bonds is 3. The van der Waals surface area contributed by atoms with Crippen molar-refractivity contribution >= 4 is 36.9 Å². The van der Waals surface area contributed by atoms with E-state index < -0.39 is 9.05 Å². The molecule has 0 saturated carbocycles. The van der Waals surface area contributed by atoms with E-state index in [4.69, 9.17) is 27.0 Å². The fourth-order valence-electron chi connectivity index (χ4n) is 3.05. The predicted molar refractivity (Wildman–Crippen MR) is 97.3 cm³/mol. The molecule has 0 bridgehead atoms. The van der Waals surface area contributed by atoms with Crippen LogP contribution >= 0.6 is 22.3 Å². The van der Waals surface area contributed by atoms with Gasteiger partial charge in [0.15, 0.2) is 0 Å². The van der Waals surface area contributed by atoms with Crippen LogP contribution in [0, 0.1) is 11.3 Å². The lowest BCUT2D eigenvalue weighted by Gasteiger charge is -2.26. The van der Waals surface area contributed by atoms with Crippen LogP contribution in [0.1, 0.15) is 22.6 Å². The van der Waals surface area contributed by atoms with E-state index in [-0.39, 0.29) is 10.8 Å². The van der Waals surface area contributed by atoms with E-state index in [1.54, 1.807) is 6.07 Å². The quantitative estimate of drug-likeness (QED) is 0.722. The molecule has 1 aliphatic carbocycles. The molecule has 0 radical (unpaired) electrons. The zero-order chi connectivity index (χ0) is 18.2. The lowest BCUT2D eigenvalue weighted by atomic mass is 9.81. The summed E-state index contributed by atoms with van der Waals surface area (Å²) in [6, 6.07) is 14.0. The van der Waals surface area contributed by atoms with Gasteiger partial charge in [-0.2, -0.15) is 5.26 Å². The monoisotopic (exact) mass is 393 g/mol. The van der Waals surface area contributed by atoms with Gasteiger partial charge in [0.05, 0.1) is 17.6 Å². The van der Waals surface area contributed by atoms with E-state index in [9.17, 15) is 13.7 Å². The fourth-order valence-corrected chi connectivity index (χ4v) is 4.18. The van der Waals surface area contributed by atoms with Gasteiger partial charge >= 0.3 is 0 Å². The lowest BCUT2D eigenvalue weighted by Crippen LogP contribution is -2.13. The molecule has 0 spiro atoms. The van der Waals surface area contributed by atoms with Crippen LogP contribution in [0.3, 0.4) is 0 Å². The van der Waals surface area contributed by atoms with E-state index >= 15 is 0 Å². The maximum atomic E-state index is 11.7. The molecule has 3 rings (SSSR count). The lowest BCUT2D eigenvalue weighted by molar-refractivity contribution is 0.407. The van der Waals surface area contributed by atoms with Crippen LogP contribution in [0.2, 0.25) is 0 Å². The molecule has 0 heterocycles. The van der Waals surface area contributed by atoms with Gasteiger partial charge in [-0.05, 0) is 35.7 Å². The molecule has 2 aromatic rings. The van der Waals surface area contributed by atoms with Crippen LogP contribution in [0.5, 0.6) is 5.75 Å². The molecule has 25 heavy (non-hydrogen) atoms. The third-order valence-corrected chi connectivity index (χ3v) is 6.03. The summed E-state index contributed by atoms with van der Waals surface area (Å²) in [4.78, 5) is -0.0354. The third kappa shape index (κ3) is 3.25. The third-order valence-electron chi connectivity index (χ3n) is 4.23. The number of hydrogen-bond donors (Lipinski definition) is 0. The second-order valence-electron chi connectivity index (χ2n) is 5.59. The number of halogens is 2. The van der Waals surface area contributed by atoms with Gasteiger partial charge in [0.2, 0.25) is 0 Å². The number of nitriles is 1. The highest BCUT2D eigenvalue weighted by atomic mass is 35.7. The first kappa shape index (κ1) is 17.8. The highest BCUT2D eigenvalue weighted by Gasteiger charge is 2.30. The van der Waals surface area contributed by atoms with Crippen LogP contribution in [0.25, 0.3) is 5.57 Å². The summed E-state index contributed by atoms with van der Waals surface area (Å²) < 4.78 is 28.8. The van der Waals surface area contributed by atoms with Crippen molar-refractivity contribution in [3.05, 3.63) is 64.2 Å². The molecule has 0 aliphatic heterocycles. The minimum atomic E-state index is -3.89. The molecule has 0 aromatic heterocycles. The summed E-state index contributed by atoms with van der Waals surface area (Å²) in [5.74, 6) is 0.100. The van der Waals surface area contributed by atoms with E-state index in [0.29, 0.717) is 28.3 Å². The standard InChI is InChI=1S/C18H13Cl2NO3S/c1-24-17-7-6-12(25(20,22)23)9-14(17)15-8-11-4-2-3-5-13(11)16(10-21)18(15)19/h2-7,9,15H,8H2,1H3. The second kappa shape index (κ2) is 6.72. The van der Waals surface area contributed by atoms with E-state index in [1.165, 1.54) is 19.2 Å². The first-order valence-electron chi connectivity index (χ1n) is 7.37. The van der Waals surface area contributed by atoms with Gasteiger partial charge in [-0.1, -0.05) is 35.9 Å². The normalized spacial score (nSPS) is 17.0. The first-order valence-corrected chi connectivity index (χ1v) is 10.1. The van der Waals surface area contributed by atoms with Crippen LogP contribution < -0.4 is 4.74 Å². The van der Waals surface area contributed by atoms with E-state index in [0.717, 1.165) is 11.1 Å². The van der Waals surface area contributed by atoms with Crippen LogP contribution in [-0.2, 0) is 15.5 Å². The maximum Gasteiger partial charge on any atom is 0.261 e. The Morgan fingerprint density at radius 1 is 1.24 bits per heavy atom. The van der Waals surface area contributed by atoms with E-state index in [1.807, 2.05) is 24.3 Å². The molecule has 1 unspecified atom stereocenters. The first-order chi connectivity index (χ1) is 11.9. The van der Waals surface area contributed by atoms with Crippen LogP contribution in [0.15, 0.2) is 52.4 Å². The smallest absolute Gasteiger partial charge is 0.261 e. The number of methoxy groups -OCH3 is 1. The summed E-state index contributed by atoms with van der Waals surface area (Å²) in [5.41, 5.74) is 2.73. The zero-order valence-corrected chi connectivity index (χ0v) is 15.5. The van der Waals surface area contributed by atoms with Gasteiger partial charge in [-0.25, -0.2) is 8.42 Å². The molecule has 1 aliphatic rings. The molecule has 0 N–H and O–H groups in total. The maximum absolute atomic E-state index is 11.7. The van der Waals surface area contributed by atoms with Crippen molar-refractivity contribution in [2.24, 2.45) is 0 Å². The average molecular weight is 394 g/mol. The van der Waals surface area contributed by atoms with Crippen LogP contribution in [0.4, 0.5) is 0 Å². The molecular weight excluding hydrogens is 381 g/mol. The summed E-state index contributed by atoms with van der Waals surface area (Å²) in [7, 11) is 3.07. The topological polar surface area (TPSA) is 67.2 Å². The summed E-state index contributed by atoms with van der Waals surface area (Å²) in [6.45, 7) is 0. The number of nitrogens with zero attached hydrogens (tertiary/aromatic N) is 1. The summed E-state index contributed by atoms with van der Waals surface area (Å²) in [5, 5.41) is 9.91. The van der Waals surface area contributed by atoms with Crippen molar-refractivity contribution in [3.63, 3.8) is 0 Å².